The van der Waals surface area contributed by atoms with Crippen molar-refractivity contribution in [1.82, 2.24) is 10.0 Å². The van der Waals surface area contributed by atoms with Crippen molar-refractivity contribution in [3.63, 3.8) is 0 Å². The minimum absolute atomic E-state index is 0.0117. The summed E-state index contributed by atoms with van der Waals surface area (Å²) < 4.78 is 27.8. The van der Waals surface area contributed by atoms with Crippen molar-refractivity contribution in [2.24, 2.45) is 5.92 Å². The summed E-state index contributed by atoms with van der Waals surface area (Å²) in [4.78, 5) is 24.1. The Hall–Kier alpha value is -1.98. The third-order valence-corrected chi connectivity index (χ3v) is 6.39. The molecule has 0 spiro atoms. The highest BCUT2D eigenvalue weighted by molar-refractivity contribution is 14.1. The van der Waals surface area contributed by atoms with Gasteiger partial charge in [-0.1, -0.05) is 0 Å². The van der Waals surface area contributed by atoms with Gasteiger partial charge in [0.05, 0.1) is 4.90 Å². The number of hydrogen-bond acceptors (Lipinski definition) is 4. The number of sulfonamides is 1. The Kier molecular flexibility index (Phi) is 6.68. The van der Waals surface area contributed by atoms with Gasteiger partial charge in [0.25, 0.3) is 5.91 Å². The van der Waals surface area contributed by atoms with Gasteiger partial charge < -0.3 is 10.6 Å². The Labute approximate surface area is 177 Å². The van der Waals surface area contributed by atoms with Gasteiger partial charge in [0.1, 0.15) is 0 Å². The van der Waals surface area contributed by atoms with E-state index in [1.807, 2.05) is 0 Å². The molecule has 9 heteroatoms. The predicted octanol–water partition coefficient (Wildman–Crippen LogP) is 2.35. The van der Waals surface area contributed by atoms with E-state index in [1.54, 1.807) is 36.4 Å². The Bertz CT molecular complexity index is 956. The van der Waals surface area contributed by atoms with Crippen LogP contribution in [0.15, 0.2) is 53.4 Å². The van der Waals surface area contributed by atoms with E-state index in [9.17, 15) is 18.0 Å². The highest BCUT2D eigenvalue weighted by Gasteiger charge is 2.29. The molecule has 2 aromatic rings. The minimum Gasteiger partial charge on any atom is -0.351 e. The lowest BCUT2D eigenvalue weighted by molar-refractivity contribution is -0.117. The van der Waals surface area contributed by atoms with Crippen LogP contribution in [0.1, 0.15) is 23.2 Å². The Morgan fingerprint density at radius 1 is 0.964 bits per heavy atom. The van der Waals surface area contributed by atoms with Crippen LogP contribution in [0, 0.1) is 9.49 Å². The fraction of sp³-hybridized carbons (Fsp3) is 0.263. The molecular weight excluding hydrogens is 493 g/mol. The zero-order valence-electron chi connectivity index (χ0n) is 14.9. The van der Waals surface area contributed by atoms with E-state index in [2.05, 4.69) is 37.9 Å². The highest BCUT2D eigenvalue weighted by Crippen LogP contribution is 2.30. The van der Waals surface area contributed by atoms with Crippen LogP contribution >= 0.6 is 22.6 Å². The first-order valence-electron chi connectivity index (χ1n) is 8.79. The summed E-state index contributed by atoms with van der Waals surface area (Å²) in [6.45, 7) is 0.234. The molecule has 3 rings (SSSR count). The maximum absolute atomic E-state index is 12.2. The Morgan fingerprint density at radius 2 is 1.61 bits per heavy atom. The smallest absolute Gasteiger partial charge is 0.251 e. The van der Waals surface area contributed by atoms with E-state index in [0.717, 1.165) is 16.4 Å². The first-order chi connectivity index (χ1) is 13.3. The molecule has 1 aliphatic carbocycles. The van der Waals surface area contributed by atoms with E-state index in [0.29, 0.717) is 11.3 Å². The second-order valence-corrected chi connectivity index (χ2v) is 9.46. The number of carbonyl (C=O) groups is 2. The summed E-state index contributed by atoms with van der Waals surface area (Å²) in [5, 5.41) is 5.48. The molecule has 7 nitrogen and oxygen atoms in total. The number of anilines is 1. The van der Waals surface area contributed by atoms with Crippen molar-refractivity contribution >= 4 is 50.1 Å². The molecule has 2 amide bonds. The maximum atomic E-state index is 12.2. The first kappa shape index (κ1) is 20.7. The lowest BCUT2D eigenvalue weighted by atomic mass is 10.2. The van der Waals surface area contributed by atoms with Crippen LogP contribution in [-0.2, 0) is 14.8 Å². The van der Waals surface area contributed by atoms with Crippen LogP contribution in [-0.4, -0.2) is 33.3 Å². The largest absolute Gasteiger partial charge is 0.351 e. The third-order valence-electron chi connectivity index (χ3n) is 4.19. The molecule has 1 saturated carbocycles. The monoisotopic (exact) mass is 513 g/mol. The van der Waals surface area contributed by atoms with Gasteiger partial charge in [-0.05, 0) is 84.0 Å². The number of nitrogens with one attached hydrogen (secondary N) is 3. The van der Waals surface area contributed by atoms with Crippen molar-refractivity contribution < 1.29 is 18.0 Å². The lowest BCUT2D eigenvalue weighted by Crippen LogP contribution is -2.34. The van der Waals surface area contributed by atoms with Crippen LogP contribution in [0.5, 0.6) is 0 Å². The van der Waals surface area contributed by atoms with Gasteiger partial charge in [0.2, 0.25) is 15.9 Å². The van der Waals surface area contributed by atoms with E-state index in [4.69, 9.17) is 0 Å². The number of benzene rings is 2. The summed E-state index contributed by atoms with van der Waals surface area (Å²) in [5.74, 6) is -0.183. The number of carbonyl (C=O) groups excluding carboxylic acids is 2. The van der Waals surface area contributed by atoms with E-state index in [-0.39, 0.29) is 35.7 Å². The average Bonchev–Trinajstić information content (AvgIpc) is 3.51. The van der Waals surface area contributed by atoms with Gasteiger partial charge >= 0.3 is 0 Å². The predicted molar refractivity (Wildman–Crippen MR) is 114 cm³/mol. The molecular formula is C19H20IN3O4S. The van der Waals surface area contributed by atoms with Gasteiger partial charge in [-0.25, -0.2) is 13.1 Å². The molecule has 0 bridgehead atoms. The molecule has 0 unspecified atom stereocenters. The zero-order chi connectivity index (χ0) is 20.1. The van der Waals surface area contributed by atoms with Crippen LogP contribution in [0.3, 0.4) is 0 Å². The Morgan fingerprint density at radius 3 is 2.21 bits per heavy atom. The summed E-state index contributed by atoms with van der Waals surface area (Å²) in [5.41, 5.74) is 1.09. The second kappa shape index (κ2) is 9.01. The second-order valence-electron chi connectivity index (χ2n) is 6.45. The Balaban J connectivity index is 1.44. The van der Waals surface area contributed by atoms with Crippen molar-refractivity contribution in [3.05, 3.63) is 57.7 Å². The highest BCUT2D eigenvalue weighted by atomic mass is 127. The van der Waals surface area contributed by atoms with Crippen LogP contribution < -0.4 is 15.4 Å². The first-order valence-corrected chi connectivity index (χ1v) is 11.4. The molecule has 2 aromatic carbocycles. The van der Waals surface area contributed by atoms with Gasteiger partial charge in [-0.15, -0.1) is 0 Å². The normalized spacial score (nSPS) is 13.8. The summed E-state index contributed by atoms with van der Waals surface area (Å²) in [6.07, 6.45) is 1.86. The van der Waals surface area contributed by atoms with E-state index >= 15 is 0 Å². The SMILES string of the molecule is O=C(NCCNS(=O)(=O)c1ccc(I)cc1)c1ccc(NC(=O)C2CC2)cc1. The van der Waals surface area contributed by atoms with Crippen molar-refractivity contribution in [1.29, 1.82) is 0 Å². The number of halogens is 1. The van der Waals surface area contributed by atoms with Crippen molar-refractivity contribution in [2.75, 3.05) is 18.4 Å². The molecule has 0 atom stereocenters. The van der Waals surface area contributed by atoms with Gasteiger partial charge in [-0.3, -0.25) is 9.59 Å². The summed E-state index contributed by atoms with van der Waals surface area (Å²) >= 11 is 2.10. The molecule has 0 aliphatic heterocycles. The van der Waals surface area contributed by atoms with E-state index < -0.39 is 10.0 Å². The molecule has 1 aliphatic rings. The van der Waals surface area contributed by atoms with Crippen molar-refractivity contribution in [3.8, 4) is 0 Å². The minimum atomic E-state index is -3.60. The van der Waals surface area contributed by atoms with Crippen LogP contribution in [0.2, 0.25) is 0 Å². The molecule has 148 valence electrons. The van der Waals surface area contributed by atoms with Gasteiger partial charge in [0.15, 0.2) is 0 Å². The number of hydrogen-bond donors (Lipinski definition) is 3. The zero-order valence-corrected chi connectivity index (χ0v) is 17.9. The van der Waals surface area contributed by atoms with Crippen LogP contribution in [0.25, 0.3) is 0 Å². The third kappa shape index (κ3) is 5.76. The fourth-order valence-corrected chi connectivity index (χ4v) is 3.85. The molecule has 0 saturated heterocycles. The van der Waals surface area contributed by atoms with Crippen molar-refractivity contribution in [2.45, 2.75) is 17.7 Å². The molecule has 28 heavy (non-hydrogen) atoms. The molecule has 1 fully saturated rings. The fourth-order valence-electron chi connectivity index (χ4n) is 2.46. The van der Waals surface area contributed by atoms with Crippen LogP contribution in [0.4, 0.5) is 5.69 Å². The summed E-state index contributed by atoms with van der Waals surface area (Å²) in [6, 6.07) is 13.1. The quantitative estimate of drug-likeness (QED) is 0.373. The van der Waals surface area contributed by atoms with Gasteiger partial charge in [0, 0.05) is 33.8 Å². The maximum Gasteiger partial charge on any atom is 0.251 e. The summed E-state index contributed by atoms with van der Waals surface area (Å²) in [7, 11) is -3.60. The molecule has 3 N–H and O–H groups in total. The standard InChI is InChI=1S/C19H20IN3O4S/c20-15-5-9-17(10-6-15)28(26,27)22-12-11-21-18(24)13-3-7-16(8-4-13)23-19(25)14-1-2-14/h3-10,14,22H,1-2,11-12H2,(H,21,24)(H,23,25). The molecule has 0 heterocycles. The molecule has 0 radical (unpaired) electrons. The van der Waals surface area contributed by atoms with Gasteiger partial charge in [-0.2, -0.15) is 0 Å². The number of amides is 2. The number of rotatable bonds is 8. The lowest BCUT2D eigenvalue weighted by Gasteiger charge is -2.09. The average molecular weight is 513 g/mol. The van der Waals surface area contributed by atoms with E-state index in [1.165, 1.54) is 12.1 Å². The topological polar surface area (TPSA) is 104 Å². The molecule has 0 aromatic heterocycles.